The average Bonchev–Trinajstić information content (AvgIpc) is 2.89. The predicted octanol–water partition coefficient (Wildman–Crippen LogP) is 1.38. The summed E-state index contributed by atoms with van der Waals surface area (Å²) in [5, 5.41) is 2.68. The highest BCUT2D eigenvalue weighted by Crippen LogP contribution is 2.36. The third-order valence-corrected chi connectivity index (χ3v) is 6.69. The first-order valence-electron chi connectivity index (χ1n) is 11.8. The van der Waals surface area contributed by atoms with Crippen LogP contribution >= 0.6 is 0 Å². The van der Waals surface area contributed by atoms with E-state index < -0.39 is 17.4 Å². The third kappa shape index (κ3) is 4.22. The Labute approximate surface area is 217 Å². The molecule has 0 spiro atoms. The topological polar surface area (TPSA) is 123 Å². The summed E-state index contributed by atoms with van der Waals surface area (Å²) in [6.45, 7) is 8.16. The lowest BCUT2D eigenvalue weighted by Crippen LogP contribution is -2.55. The van der Waals surface area contributed by atoms with Crippen LogP contribution in [0.2, 0.25) is 0 Å². The summed E-state index contributed by atoms with van der Waals surface area (Å²) in [7, 11) is 3.24. The number of nitrogens with one attached hydrogen (secondary N) is 1. The fourth-order valence-electron chi connectivity index (χ4n) is 4.33. The van der Waals surface area contributed by atoms with Crippen molar-refractivity contribution in [3.63, 3.8) is 0 Å². The number of ether oxygens (including phenoxy) is 2. The number of likely N-dealkylation sites (N-methyl/N-ethyl adjacent to an activating group) is 1. The van der Waals surface area contributed by atoms with Crippen molar-refractivity contribution in [3.05, 3.63) is 71.9 Å². The van der Waals surface area contributed by atoms with Crippen molar-refractivity contribution >= 4 is 40.0 Å². The van der Waals surface area contributed by atoms with E-state index in [-0.39, 0.29) is 35.4 Å². The van der Waals surface area contributed by atoms with Crippen LogP contribution in [0.4, 0.5) is 5.69 Å². The molecule has 0 bridgehead atoms. The lowest BCUT2D eigenvalue weighted by molar-refractivity contribution is -0.139. The molecule has 3 amide bonds. The van der Waals surface area contributed by atoms with Crippen LogP contribution in [0.15, 0.2) is 66.4 Å². The molecule has 3 aromatic rings. The second kappa shape index (κ2) is 9.60. The number of nitrogens with zero attached hydrogens (tertiary/aromatic N) is 4. The second-order valence-electron chi connectivity index (χ2n) is 8.99. The summed E-state index contributed by atoms with van der Waals surface area (Å²) in [5.74, 6) is -0.773. The van der Waals surface area contributed by atoms with Crippen molar-refractivity contribution in [2.24, 2.45) is 0 Å². The van der Waals surface area contributed by atoms with Gasteiger partial charge in [-0.05, 0) is 23.8 Å². The molecule has 11 heteroatoms. The van der Waals surface area contributed by atoms with Crippen molar-refractivity contribution in [1.29, 1.82) is 0 Å². The van der Waals surface area contributed by atoms with E-state index >= 15 is 0 Å². The molecule has 2 aromatic carbocycles. The summed E-state index contributed by atoms with van der Waals surface area (Å²) in [5.41, 5.74) is 1.57. The molecule has 194 valence electrons. The number of rotatable bonds is 6. The van der Waals surface area contributed by atoms with E-state index in [1.54, 1.807) is 38.4 Å². The summed E-state index contributed by atoms with van der Waals surface area (Å²) in [4.78, 5) is 58.1. The van der Waals surface area contributed by atoms with Crippen LogP contribution < -0.4 is 20.5 Å². The minimum atomic E-state index is -0.756. The summed E-state index contributed by atoms with van der Waals surface area (Å²) >= 11 is 0. The average molecular weight is 516 g/mol. The highest BCUT2D eigenvalue weighted by molar-refractivity contribution is 6.15. The summed E-state index contributed by atoms with van der Waals surface area (Å²) in [6, 6.07) is 10.5. The molecule has 38 heavy (non-hydrogen) atoms. The van der Waals surface area contributed by atoms with Crippen molar-refractivity contribution in [1.82, 2.24) is 19.8 Å². The Balaban J connectivity index is 1.40. The maximum Gasteiger partial charge on any atom is 0.272 e. The van der Waals surface area contributed by atoms with Crippen LogP contribution in [0.5, 0.6) is 5.75 Å². The van der Waals surface area contributed by atoms with Gasteiger partial charge in [-0.1, -0.05) is 31.4 Å². The van der Waals surface area contributed by atoms with Crippen LogP contribution in [0.25, 0.3) is 27.7 Å². The predicted molar refractivity (Wildman–Crippen MR) is 140 cm³/mol. The quantitative estimate of drug-likeness (QED) is 0.492. The van der Waals surface area contributed by atoms with E-state index in [4.69, 9.17) is 9.47 Å². The number of fused-ring (bicyclic) bond motifs is 2. The van der Waals surface area contributed by atoms with E-state index in [1.807, 2.05) is 12.1 Å². The molecule has 1 fully saturated rings. The van der Waals surface area contributed by atoms with Gasteiger partial charge < -0.3 is 24.6 Å². The number of carbonyl (C=O) groups excluding carboxylic acids is 3. The maximum atomic E-state index is 13.3. The van der Waals surface area contributed by atoms with Crippen LogP contribution in [-0.4, -0.2) is 72.1 Å². The lowest BCUT2D eigenvalue weighted by Gasteiger charge is -2.38. The number of para-hydroxylation sites is 1. The molecule has 11 nitrogen and oxygen atoms in total. The minimum Gasteiger partial charge on any atom is -0.482 e. The van der Waals surface area contributed by atoms with E-state index in [0.717, 1.165) is 10.1 Å². The van der Waals surface area contributed by atoms with Crippen molar-refractivity contribution < 1.29 is 23.9 Å². The second-order valence-corrected chi connectivity index (χ2v) is 8.99. The number of benzene rings is 2. The molecule has 0 aliphatic carbocycles. The van der Waals surface area contributed by atoms with E-state index in [9.17, 15) is 19.2 Å². The van der Waals surface area contributed by atoms with Gasteiger partial charge in [0.15, 0.2) is 6.61 Å². The molecule has 0 atom stereocenters. The first-order chi connectivity index (χ1) is 18.2. The Kier molecular flexibility index (Phi) is 6.29. The molecule has 1 N–H and O–H groups in total. The van der Waals surface area contributed by atoms with Gasteiger partial charge in [0, 0.05) is 32.8 Å². The van der Waals surface area contributed by atoms with E-state index in [2.05, 4.69) is 23.5 Å². The van der Waals surface area contributed by atoms with Gasteiger partial charge in [-0.25, -0.2) is 4.98 Å². The highest BCUT2D eigenvalue weighted by Gasteiger charge is 2.32. The number of hydrogen-bond acceptors (Lipinski definition) is 7. The van der Waals surface area contributed by atoms with Crippen LogP contribution in [-0.2, 0) is 19.1 Å². The molecule has 5 rings (SSSR count). The SMILES string of the molecule is C=C(NC(=O)C(=C)n1cnc2c(-c3ccc4c(c3)N(C)C(=O)CO4)cccc2c1=O)C(=O)N1CC(OC)C1. The van der Waals surface area contributed by atoms with Crippen molar-refractivity contribution in [3.8, 4) is 16.9 Å². The Morgan fingerprint density at radius 2 is 1.92 bits per heavy atom. The van der Waals surface area contributed by atoms with Gasteiger partial charge in [-0.15, -0.1) is 0 Å². The fourth-order valence-corrected chi connectivity index (χ4v) is 4.33. The van der Waals surface area contributed by atoms with Gasteiger partial charge >= 0.3 is 0 Å². The number of amides is 3. The van der Waals surface area contributed by atoms with Gasteiger partial charge in [-0.3, -0.25) is 23.7 Å². The molecule has 2 aliphatic rings. The van der Waals surface area contributed by atoms with Gasteiger partial charge in [-0.2, -0.15) is 0 Å². The van der Waals surface area contributed by atoms with Crippen LogP contribution in [0.3, 0.4) is 0 Å². The monoisotopic (exact) mass is 515 g/mol. The number of carbonyl (C=O) groups is 3. The van der Waals surface area contributed by atoms with Gasteiger partial charge in [0.2, 0.25) is 0 Å². The zero-order valence-corrected chi connectivity index (χ0v) is 20.9. The zero-order chi connectivity index (χ0) is 27.1. The number of aromatic nitrogens is 2. The minimum absolute atomic E-state index is 0.0241. The standard InChI is InChI=1S/C27H25N5O6/c1-15(26(35)31-11-18(12-31)37-4)29-25(34)16(2)32-14-28-24-19(6-5-7-20(24)27(32)36)17-8-9-22-21(10-17)30(3)23(33)13-38-22/h5-10,14,18H,1-2,11-13H2,3-4H3,(H,29,34). The fraction of sp³-hybridized carbons (Fsp3) is 0.222. The van der Waals surface area contributed by atoms with Gasteiger partial charge in [0.05, 0.1) is 28.4 Å². The third-order valence-electron chi connectivity index (χ3n) is 6.69. The molecule has 0 saturated carbocycles. The number of anilines is 1. The van der Waals surface area contributed by atoms with E-state index in [1.165, 1.54) is 16.1 Å². The van der Waals surface area contributed by atoms with Crippen LogP contribution in [0.1, 0.15) is 0 Å². The molecule has 0 unspecified atom stereocenters. The Bertz CT molecular complexity index is 1590. The Morgan fingerprint density at radius 1 is 1.16 bits per heavy atom. The molecule has 1 aromatic heterocycles. The smallest absolute Gasteiger partial charge is 0.272 e. The highest BCUT2D eigenvalue weighted by atomic mass is 16.5. The van der Waals surface area contributed by atoms with Crippen molar-refractivity contribution in [2.75, 3.05) is 38.8 Å². The summed E-state index contributed by atoms with van der Waals surface area (Å²) in [6.07, 6.45) is 1.18. The molecule has 0 radical (unpaired) electrons. The Hall–Kier alpha value is -4.77. The summed E-state index contributed by atoms with van der Waals surface area (Å²) < 4.78 is 11.7. The number of likely N-dealkylation sites (tertiary alicyclic amines) is 1. The first-order valence-corrected chi connectivity index (χ1v) is 11.8. The first kappa shape index (κ1) is 24.9. The zero-order valence-electron chi connectivity index (χ0n) is 20.9. The number of methoxy groups -OCH3 is 1. The number of hydrogen-bond donors (Lipinski definition) is 1. The van der Waals surface area contributed by atoms with Crippen molar-refractivity contribution in [2.45, 2.75) is 6.10 Å². The van der Waals surface area contributed by atoms with Gasteiger partial charge in [0.1, 0.15) is 17.8 Å². The molecule has 2 aliphatic heterocycles. The Morgan fingerprint density at radius 3 is 2.66 bits per heavy atom. The molecule has 1 saturated heterocycles. The molecular formula is C27H25N5O6. The van der Waals surface area contributed by atoms with Crippen LogP contribution in [0, 0.1) is 0 Å². The molecular weight excluding hydrogens is 490 g/mol. The largest absolute Gasteiger partial charge is 0.482 e. The maximum absolute atomic E-state index is 13.3. The normalized spacial score (nSPS) is 14.9. The van der Waals surface area contributed by atoms with Gasteiger partial charge in [0.25, 0.3) is 23.3 Å². The molecule has 3 heterocycles. The lowest BCUT2D eigenvalue weighted by atomic mass is 10.0. The van der Waals surface area contributed by atoms with E-state index in [0.29, 0.717) is 35.6 Å².